The first-order valence-corrected chi connectivity index (χ1v) is 23.4. The van der Waals surface area contributed by atoms with Gasteiger partial charge >= 0.3 is 0 Å². The van der Waals surface area contributed by atoms with Gasteiger partial charge in [0.1, 0.15) is 0 Å². The third-order valence-corrected chi connectivity index (χ3v) is 13.7. The number of benzene rings is 11. The van der Waals surface area contributed by atoms with E-state index in [0.29, 0.717) is 0 Å². The lowest BCUT2D eigenvalue weighted by molar-refractivity contribution is 1.18. The van der Waals surface area contributed by atoms with Crippen LogP contribution in [0.15, 0.2) is 267 Å². The van der Waals surface area contributed by atoms with E-state index >= 15 is 0 Å². The van der Waals surface area contributed by atoms with Crippen LogP contribution in [0.3, 0.4) is 0 Å². The number of para-hydroxylation sites is 1. The van der Waals surface area contributed by atoms with Gasteiger partial charge in [-0.2, -0.15) is 0 Å². The lowest BCUT2D eigenvalue weighted by Gasteiger charge is -2.16. The SMILES string of the molecule is c1ccc(-c2cccc(-c3cccc(-n4c5ccc(-c6ccc7c(c6)c6ccccc6n7-c6ccc(-c7ccccc7)cc6-c6ccccc6)cc5c5c(-c6ccccc6)cccc54)c3)c2)cc1. The lowest BCUT2D eigenvalue weighted by Crippen LogP contribution is -1.98. The third-order valence-electron chi connectivity index (χ3n) is 13.7. The van der Waals surface area contributed by atoms with Crippen molar-refractivity contribution < 1.29 is 0 Å². The molecule has 0 unspecified atom stereocenters. The molecule has 0 saturated heterocycles. The maximum absolute atomic E-state index is 2.46. The predicted octanol–water partition coefficient (Wildman–Crippen LogP) is 17.9. The molecule has 0 spiro atoms. The molecule has 2 heterocycles. The van der Waals surface area contributed by atoms with Crippen molar-refractivity contribution in [2.75, 3.05) is 0 Å². The zero-order valence-corrected chi connectivity index (χ0v) is 37.3. The molecule has 0 aliphatic heterocycles. The predicted molar refractivity (Wildman–Crippen MR) is 288 cm³/mol. The highest BCUT2D eigenvalue weighted by Crippen LogP contribution is 2.43. The van der Waals surface area contributed by atoms with E-state index in [4.69, 9.17) is 0 Å². The molecule has 0 N–H and O–H groups in total. The number of rotatable bonds is 8. The fraction of sp³-hybridized carbons (Fsp3) is 0. The van der Waals surface area contributed by atoms with Crippen LogP contribution in [-0.4, -0.2) is 9.13 Å². The first-order valence-electron chi connectivity index (χ1n) is 23.4. The van der Waals surface area contributed by atoms with Crippen LogP contribution in [0.4, 0.5) is 0 Å². The van der Waals surface area contributed by atoms with Gasteiger partial charge in [0, 0.05) is 32.8 Å². The van der Waals surface area contributed by atoms with E-state index in [1.54, 1.807) is 0 Å². The van der Waals surface area contributed by atoms with Crippen LogP contribution in [-0.2, 0) is 0 Å². The molecule has 0 atom stereocenters. The minimum atomic E-state index is 1.13. The molecule has 13 aromatic rings. The van der Waals surface area contributed by atoms with Crippen molar-refractivity contribution in [3.8, 4) is 78.1 Å². The Hall–Kier alpha value is -8.98. The van der Waals surface area contributed by atoms with Crippen molar-refractivity contribution in [2.24, 2.45) is 0 Å². The number of fused-ring (bicyclic) bond motifs is 6. The summed E-state index contributed by atoms with van der Waals surface area (Å²) in [7, 11) is 0. The summed E-state index contributed by atoms with van der Waals surface area (Å²) in [6.45, 7) is 0. The summed E-state index contributed by atoms with van der Waals surface area (Å²) in [6.07, 6.45) is 0. The minimum Gasteiger partial charge on any atom is -0.309 e. The molecule has 0 fully saturated rings. The molecule has 2 heteroatoms. The molecule has 2 nitrogen and oxygen atoms in total. The van der Waals surface area contributed by atoms with E-state index in [1.807, 2.05) is 0 Å². The first kappa shape index (κ1) is 39.4. The van der Waals surface area contributed by atoms with Gasteiger partial charge in [-0.25, -0.2) is 0 Å². The Morgan fingerprint density at radius 1 is 0.206 bits per heavy atom. The van der Waals surface area contributed by atoms with Crippen LogP contribution in [0.2, 0.25) is 0 Å². The molecule has 0 bridgehead atoms. The fourth-order valence-electron chi connectivity index (χ4n) is 10.5. The molecule has 13 rings (SSSR count). The highest BCUT2D eigenvalue weighted by Gasteiger charge is 2.20. The van der Waals surface area contributed by atoms with E-state index in [2.05, 4.69) is 276 Å². The van der Waals surface area contributed by atoms with Crippen molar-refractivity contribution in [2.45, 2.75) is 0 Å². The molecule has 0 aliphatic carbocycles. The average Bonchev–Trinajstić information content (AvgIpc) is 3.94. The average molecular weight is 865 g/mol. The Morgan fingerprint density at radius 3 is 1.32 bits per heavy atom. The Bertz CT molecular complexity index is 3990. The van der Waals surface area contributed by atoms with Crippen LogP contribution in [0.1, 0.15) is 0 Å². The van der Waals surface area contributed by atoms with Gasteiger partial charge in [-0.3, -0.25) is 0 Å². The van der Waals surface area contributed by atoms with Crippen LogP contribution in [0.25, 0.3) is 122 Å². The van der Waals surface area contributed by atoms with E-state index < -0.39 is 0 Å². The molecule has 0 amide bonds. The number of aromatic nitrogens is 2. The molecule has 0 radical (unpaired) electrons. The van der Waals surface area contributed by atoms with Crippen molar-refractivity contribution in [3.63, 3.8) is 0 Å². The van der Waals surface area contributed by atoms with Gasteiger partial charge in [-0.1, -0.05) is 200 Å². The van der Waals surface area contributed by atoms with Crippen LogP contribution in [0.5, 0.6) is 0 Å². The summed E-state index contributed by atoms with van der Waals surface area (Å²) in [4.78, 5) is 0. The largest absolute Gasteiger partial charge is 0.309 e. The molecule has 0 saturated carbocycles. The second kappa shape index (κ2) is 16.5. The smallest absolute Gasteiger partial charge is 0.0547 e. The zero-order valence-electron chi connectivity index (χ0n) is 37.3. The lowest BCUT2D eigenvalue weighted by atomic mass is 9.96. The Morgan fingerprint density at radius 2 is 0.647 bits per heavy atom. The molecular weight excluding hydrogens is 821 g/mol. The first-order chi connectivity index (χ1) is 33.7. The quantitative estimate of drug-likeness (QED) is 0.144. The van der Waals surface area contributed by atoms with E-state index in [9.17, 15) is 0 Å². The minimum absolute atomic E-state index is 1.13. The van der Waals surface area contributed by atoms with Crippen molar-refractivity contribution in [3.05, 3.63) is 267 Å². The standard InChI is InChI=1S/C66H44N2/c1-5-18-45(19-6-1)49-26-15-27-50(40-49)51-28-16-29-55(41-51)67-64-39-36-54(44-60(64)66-56(31-17-33-65(66)67)47-22-9-3-10-23-47)53-35-38-63-59(43-53)57-30-13-14-32-61(57)68(63)62-37-34-52(46-20-7-2-8-21-46)42-58(62)48-24-11-4-12-25-48/h1-44H. The second-order valence-electron chi connectivity index (χ2n) is 17.7. The van der Waals surface area contributed by atoms with Gasteiger partial charge in [0.05, 0.1) is 27.8 Å². The van der Waals surface area contributed by atoms with Gasteiger partial charge in [-0.15, -0.1) is 0 Å². The summed E-state index contributed by atoms with van der Waals surface area (Å²) in [6, 6.07) is 97.4. The second-order valence-corrected chi connectivity index (χ2v) is 17.7. The highest BCUT2D eigenvalue weighted by atomic mass is 15.0. The van der Waals surface area contributed by atoms with Crippen LogP contribution in [0, 0.1) is 0 Å². The summed E-state index contributed by atoms with van der Waals surface area (Å²) >= 11 is 0. The van der Waals surface area contributed by atoms with E-state index in [0.717, 1.165) is 11.4 Å². The van der Waals surface area contributed by atoms with E-state index in [-0.39, 0.29) is 0 Å². The topological polar surface area (TPSA) is 9.86 Å². The highest BCUT2D eigenvalue weighted by molar-refractivity contribution is 6.17. The van der Waals surface area contributed by atoms with Crippen LogP contribution < -0.4 is 0 Å². The monoisotopic (exact) mass is 864 g/mol. The van der Waals surface area contributed by atoms with Gasteiger partial charge in [0.25, 0.3) is 0 Å². The maximum Gasteiger partial charge on any atom is 0.0547 e. The molecular formula is C66H44N2. The number of nitrogens with zero attached hydrogens (tertiary/aromatic N) is 2. The summed E-state index contributed by atoms with van der Waals surface area (Å²) in [5.41, 5.74) is 21.4. The fourth-order valence-corrected chi connectivity index (χ4v) is 10.5. The maximum atomic E-state index is 2.46. The Kier molecular flexibility index (Phi) is 9.54. The number of hydrogen-bond acceptors (Lipinski definition) is 0. The molecule has 0 aliphatic rings. The van der Waals surface area contributed by atoms with Crippen molar-refractivity contribution in [1.82, 2.24) is 9.13 Å². The zero-order chi connectivity index (χ0) is 45.0. The normalized spacial score (nSPS) is 11.5. The van der Waals surface area contributed by atoms with Crippen molar-refractivity contribution >= 4 is 43.6 Å². The molecule has 318 valence electrons. The van der Waals surface area contributed by atoms with Crippen molar-refractivity contribution in [1.29, 1.82) is 0 Å². The van der Waals surface area contributed by atoms with Gasteiger partial charge in [0.2, 0.25) is 0 Å². The van der Waals surface area contributed by atoms with Gasteiger partial charge in [-0.05, 0) is 128 Å². The third kappa shape index (κ3) is 6.73. The van der Waals surface area contributed by atoms with Crippen LogP contribution >= 0.6 is 0 Å². The summed E-state index contributed by atoms with van der Waals surface area (Å²) in [5, 5.41) is 4.93. The molecule has 68 heavy (non-hydrogen) atoms. The Balaban J connectivity index is 0.981. The molecule has 2 aromatic heterocycles. The van der Waals surface area contributed by atoms with Gasteiger partial charge in [0.15, 0.2) is 0 Å². The summed E-state index contributed by atoms with van der Waals surface area (Å²) in [5.74, 6) is 0. The molecule has 11 aromatic carbocycles. The Labute approximate surface area is 395 Å². The number of hydrogen-bond donors (Lipinski definition) is 0. The summed E-state index contributed by atoms with van der Waals surface area (Å²) < 4.78 is 4.91. The van der Waals surface area contributed by atoms with E-state index in [1.165, 1.54) is 110 Å². The van der Waals surface area contributed by atoms with Gasteiger partial charge < -0.3 is 9.13 Å².